The Kier molecular flexibility index (Phi) is 6.25. The van der Waals surface area contributed by atoms with Crippen molar-refractivity contribution in [1.82, 2.24) is 0 Å². The van der Waals surface area contributed by atoms with Crippen molar-refractivity contribution in [3.05, 3.63) is 59.1 Å². The van der Waals surface area contributed by atoms with Gasteiger partial charge in [0.1, 0.15) is 12.4 Å². The average molecular weight is 320 g/mol. The van der Waals surface area contributed by atoms with Gasteiger partial charge in [0, 0.05) is 17.8 Å². The van der Waals surface area contributed by atoms with Crippen LogP contribution in [0.2, 0.25) is 5.02 Å². The summed E-state index contributed by atoms with van der Waals surface area (Å²) in [6, 6.07) is 14.5. The Morgan fingerprint density at radius 1 is 1.05 bits per heavy atom. The van der Waals surface area contributed by atoms with Crippen LogP contribution in [0.15, 0.2) is 48.5 Å². The lowest BCUT2D eigenvalue weighted by Crippen LogP contribution is -2.14. The van der Waals surface area contributed by atoms with Crippen molar-refractivity contribution in [3.63, 3.8) is 0 Å². The zero-order valence-corrected chi connectivity index (χ0v) is 13.1. The van der Waals surface area contributed by atoms with Gasteiger partial charge in [-0.15, -0.1) is 0 Å². The summed E-state index contributed by atoms with van der Waals surface area (Å²) in [5.41, 5.74) is 1.65. The molecule has 0 aliphatic carbocycles. The van der Waals surface area contributed by atoms with Crippen molar-refractivity contribution in [1.29, 1.82) is 0 Å². The lowest BCUT2D eigenvalue weighted by molar-refractivity contribution is -0.115. The summed E-state index contributed by atoms with van der Waals surface area (Å²) < 4.78 is 10.4. The number of amides is 1. The van der Waals surface area contributed by atoms with Gasteiger partial charge in [0.2, 0.25) is 5.91 Å². The van der Waals surface area contributed by atoms with Crippen LogP contribution in [0.5, 0.6) is 5.75 Å². The fraction of sp³-hybridized carbons (Fsp3) is 0.235. The van der Waals surface area contributed by atoms with Crippen LogP contribution < -0.4 is 10.1 Å². The van der Waals surface area contributed by atoms with E-state index in [9.17, 15) is 4.79 Å². The highest BCUT2D eigenvalue weighted by Gasteiger charge is 2.04. The average Bonchev–Trinajstić information content (AvgIpc) is 2.51. The standard InChI is InChI=1S/C17H18ClNO3/c1-21-10-11-22-16-8-6-15(7-9-16)19-17(20)12-13-2-4-14(18)5-3-13/h2-9H,10-12H2,1H3,(H,19,20). The zero-order valence-electron chi connectivity index (χ0n) is 12.3. The van der Waals surface area contributed by atoms with Gasteiger partial charge in [-0.3, -0.25) is 4.79 Å². The second-order valence-corrected chi connectivity index (χ2v) is 5.15. The van der Waals surface area contributed by atoms with E-state index in [-0.39, 0.29) is 5.91 Å². The Labute approximate surface area is 135 Å². The first-order chi connectivity index (χ1) is 10.7. The molecule has 0 aromatic heterocycles. The van der Waals surface area contributed by atoms with E-state index in [1.807, 2.05) is 36.4 Å². The first-order valence-corrected chi connectivity index (χ1v) is 7.31. The maximum atomic E-state index is 12.0. The number of halogens is 1. The third-order valence-electron chi connectivity index (χ3n) is 2.97. The summed E-state index contributed by atoms with van der Waals surface area (Å²) in [5, 5.41) is 3.51. The van der Waals surface area contributed by atoms with Crippen LogP contribution in [0.3, 0.4) is 0 Å². The first-order valence-electron chi connectivity index (χ1n) is 6.93. The molecule has 22 heavy (non-hydrogen) atoms. The Balaban J connectivity index is 1.84. The topological polar surface area (TPSA) is 47.6 Å². The molecule has 2 aromatic rings. The highest BCUT2D eigenvalue weighted by Crippen LogP contribution is 2.16. The second kappa shape index (κ2) is 8.41. The molecule has 2 rings (SSSR count). The Bertz CT molecular complexity index is 596. The van der Waals surface area contributed by atoms with E-state index in [2.05, 4.69) is 5.32 Å². The molecule has 0 radical (unpaired) electrons. The molecule has 1 amide bonds. The van der Waals surface area contributed by atoms with Crippen LogP contribution in [0.4, 0.5) is 5.69 Å². The van der Waals surface area contributed by atoms with Gasteiger partial charge < -0.3 is 14.8 Å². The smallest absolute Gasteiger partial charge is 0.228 e. The molecule has 0 spiro atoms. The molecule has 0 heterocycles. The number of methoxy groups -OCH3 is 1. The van der Waals surface area contributed by atoms with Gasteiger partial charge in [-0.25, -0.2) is 0 Å². The molecule has 0 aliphatic heterocycles. The molecule has 0 unspecified atom stereocenters. The summed E-state index contributed by atoms with van der Waals surface area (Å²) in [4.78, 5) is 12.0. The lowest BCUT2D eigenvalue weighted by atomic mass is 10.1. The zero-order chi connectivity index (χ0) is 15.8. The van der Waals surface area contributed by atoms with Crippen molar-refractivity contribution in [3.8, 4) is 5.75 Å². The first kappa shape index (κ1) is 16.3. The molecule has 1 N–H and O–H groups in total. The molecule has 0 fully saturated rings. The van der Waals surface area contributed by atoms with Gasteiger partial charge in [0.15, 0.2) is 0 Å². The Hall–Kier alpha value is -2.04. The fourth-order valence-electron chi connectivity index (χ4n) is 1.87. The summed E-state index contributed by atoms with van der Waals surface area (Å²) in [6.07, 6.45) is 0.309. The molecule has 0 atom stereocenters. The molecule has 4 nitrogen and oxygen atoms in total. The van der Waals surface area contributed by atoms with E-state index in [0.29, 0.717) is 24.7 Å². The predicted octanol–water partition coefficient (Wildman–Crippen LogP) is 3.55. The van der Waals surface area contributed by atoms with E-state index in [4.69, 9.17) is 21.1 Å². The highest BCUT2D eigenvalue weighted by molar-refractivity contribution is 6.30. The number of ether oxygens (including phenoxy) is 2. The molecule has 116 valence electrons. The lowest BCUT2D eigenvalue weighted by Gasteiger charge is -2.08. The van der Waals surface area contributed by atoms with E-state index < -0.39 is 0 Å². The predicted molar refractivity (Wildman–Crippen MR) is 87.6 cm³/mol. The number of hydrogen-bond acceptors (Lipinski definition) is 3. The molecule has 2 aromatic carbocycles. The minimum atomic E-state index is -0.0737. The van der Waals surface area contributed by atoms with Gasteiger partial charge in [-0.1, -0.05) is 23.7 Å². The number of nitrogens with one attached hydrogen (secondary N) is 1. The minimum absolute atomic E-state index is 0.0737. The third-order valence-corrected chi connectivity index (χ3v) is 3.22. The quantitative estimate of drug-likeness (QED) is 0.794. The van der Waals surface area contributed by atoms with Gasteiger partial charge in [0.25, 0.3) is 0 Å². The normalized spacial score (nSPS) is 10.3. The Morgan fingerprint density at radius 2 is 1.73 bits per heavy atom. The van der Waals surface area contributed by atoms with E-state index in [0.717, 1.165) is 17.0 Å². The molecule has 0 saturated heterocycles. The van der Waals surface area contributed by atoms with E-state index in [1.54, 1.807) is 19.2 Å². The van der Waals surface area contributed by atoms with Gasteiger partial charge in [-0.2, -0.15) is 0 Å². The van der Waals surface area contributed by atoms with Crippen molar-refractivity contribution in [2.45, 2.75) is 6.42 Å². The molecular weight excluding hydrogens is 302 g/mol. The van der Waals surface area contributed by atoms with Crippen molar-refractivity contribution >= 4 is 23.2 Å². The van der Waals surface area contributed by atoms with Crippen molar-refractivity contribution in [2.75, 3.05) is 25.6 Å². The summed E-state index contributed by atoms with van der Waals surface area (Å²) >= 11 is 5.82. The number of carbonyl (C=O) groups is 1. The number of rotatable bonds is 7. The second-order valence-electron chi connectivity index (χ2n) is 4.72. The van der Waals surface area contributed by atoms with Gasteiger partial charge in [0.05, 0.1) is 13.0 Å². The fourth-order valence-corrected chi connectivity index (χ4v) is 2.00. The van der Waals surface area contributed by atoms with Crippen LogP contribution in [-0.2, 0) is 16.0 Å². The monoisotopic (exact) mass is 319 g/mol. The number of carbonyl (C=O) groups excluding carboxylic acids is 1. The van der Waals surface area contributed by atoms with Crippen LogP contribution in [-0.4, -0.2) is 26.2 Å². The SMILES string of the molecule is COCCOc1ccc(NC(=O)Cc2ccc(Cl)cc2)cc1. The number of benzene rings is 2. The van der Waals surface area contributed by atoms with Gasteiger partial charge in [-0.05, 0) is 42.0 Å². The maximum Gasteiger partial charge on any atom is 0.228 e. The highest BCUT2D eigenvalue weighted by atomic mass is 35.5. The number of anilines is 1. The van der Waals surface area contributed by atoms with Crippen LogP contribution >= 0.6 is 11.6 Å². The van der Waals surface area contributed by atoms with Crippen LogP contribution in [0.1, 0.15) is 5.56 Å². The molecule has 0 bridgehead atoms. The largest absolute Gasteiger partial charge is 0.491 e. The number of hydrogen-bond donors (Lipinski definition) is 1. The minimum Gasteiger partial charge on any atom is -0.491 e. The van der Waals surface area contributed by atoms with E-state index in [1.165, 1.54) is 0 Å². The maximum absolute atomic E-state index is 12.0. The van der Waals surface area contributed by atoms with Crippen LogP contribution in [0.25, 0.3) is 0 Å². The van der Waals surface area contributed by atoms with Crippen molar-refractivity contribution in [2.24, 2.45) is 0 Å². The Morgan fingerprint density at radius 3 is 2.36 bits per heavy atom. The van der Waals surface area contributed by atoms with E-state index >= 15 is 0 Å². The molecular formula is C17H18ClNO3. The molecule has 0 aliphatic rings. The molecule has 0 saturated carbocycles. The van der Waals surface area contributed by atoms with Crippen molar-refractivity contribution < 1.29 is 14.3 Å². The van der Waals surface area contributed by atoms with Crippen LogP contribution in [0, 0.1) is 0 Å². The third kappa shape index (κ3) is 5.39. The summed E-state index contributed by atoms with van der Waals surface area (Å²) in [6.45, 7) is 1.04. The molecule has 5 heteroatoms. The summed E-state index contributed by atoms with van der Waals surface area (Å²) in [7, 11) is 1.63. The van der Waals surface area contributed by atoms with Gasteiger partial charge >= 0.3 is 0 Å². The summed E-state index contributed by atoms with van der Waals surface area (Å²) in [5.74, 6) is 0.670.